The molecule has 106 valence electrons. The number of hydrogen-bond acceptors (Lipinski definition) is 2. The molecule has 1 aliphatic carbocycles. The van der Waals surface area contributed by atoms with Crippen molar-refractivity contribution < 1.29 is 4.74 Å². The van der Waals surface area contributed by atoms with Crippen LogP contribution >= 0.6 is 0 Å². The average Bonchev–Trinajstić information content (AvgIpc) is 2.31. The predicted octanol–water partition coefficient (Wildman–Crippen LogP) is 3.82. The molecule has 1 aromatic rings. The second-order valence-electron chi connectivity index (χ2n) is 6.05. The highest BCUT2D eigenvalue weighted by atomic mass is 16.5. The number of ether oxygens (including phenoxy) is 1. The van der Waals surface area contributed by atoms with Crippen molar-refractivity contribution in [3.05, 3.63) is 34.4 Å². The van der Waals surface area contributed by atoms with E-state index in [1.54, 1.807) is 0 Å². The summed E-state index contributed by atoms with van der Waals surface area (Å²) in [6, 6.07) is 4.70. The Kier molecular flexibility index (Phi) is 4.64. The van der Waals surface area contributed by atoms with E-state index in [9.17, 15) is 0 Å². The Morgan fingerprint density at radius 1 is 1.16 bits per heavy atom. The molecular formula is C17H27NO. The molecule has 1 aliphatic rings. The smallest absolute Gasteiger partial charge is 0.0580 e. The standard InChI is InChI=1S/C17H27NO/c1-5-19-15-8-14(9-15)10-17(18)16-7-12(3)11(2)6-13(16)4/h6-7,14-15,17H,5,8-10,18H2,1-4H3. The maximum atomic E-state index is 6.40. The van der Waals surface area contributed by atoms with Gasteiger partial charge in [-0.3, -0.25) is 0 Å². The van der Waals surface area contributed by atoms with Gasteiger partial charge in [0.25, 0.3) is 0 Å². The molecule has 0 bridgehead atoms. The topological polar surface area (TPSA) is 35.2 Å². The normalized spacial score (nSPS) is 24.1. The number of hydrogen-bond donors (Lipinski definition) is 1. The van der Waals surface area contributed by atoms with Gasteiger partial charge in [0.05, 0.1) is 6.10 Å². The number of nitrogens with two attached hydrogens (primary N) is 1. The van der Waals surface area contributed by atoms with Gasteiger partial charge in [-0.1, -0.05) is 12.1 Å². The van der Waals surface area contributed by atoms with Gasteiger partial charge < -0.3 is 10.5 Å². The van der Waals surface area contributed by atoms with Gasteiger partial charge in [0.2, 0.25) is 0 Å². The average molecular weight is 261 g/mol. The first-order valence-corrected chi connectivity index (χ1v) is 7.46. The van der Waals surface area contributed by atoms with Gasteiger partial charge in [-0.25, -0.2) is 0 Å². The molecule has 2 heteroatoms. The molecule has 0 aromatic heterocycles. The maximum absolute atomic E-state index is 6.40. The minimum atomic E-state index is 0.173. The highest BCUT2D eigenvalue weighted by Crippen LogP contribution is 2.37. The van der Waals surface area contributed by atoms with E-state index in [0.29, 0.717) is 6.10 Å². The van der Waals surface area contributed by atoms with Crippen molar-refractivity contribution in [3.63, 3.8) is 0 Å². The van der Waals surface area contributed by atoms with Crippen LogP contribution in [0, 0.1) is 26.7 Å². The maximum Gasteiger partial charge on any atom is 0.0580 e. The molecule has 2 N–H and O–H groups in total. The first-order valence-electron chi connectivity index (χ1n) is 7.46. The monoisotopic (exact) mass is 261 g/mol. The van der Waals surface area contributed by atoms with E-state index in [4.69, 9.17) is 10.5 Å². The van der Waals surface area contributed by atoms with E-state index in [1.165, 1.54) is 35.1 Å². The minimum Gasteiger partial charge on any atom is -0.378 e. The summed E-state index contributed by atoms with van der Waals surface area (Å²) in [4.78, 5) is 0. The third kappa shape index (κ3) is 3.37. The Labute approximate surface area is 117 Å². The lowest BCUT2D eigenvalue weighted by Crippen LogP contribution is -2.33. The quantitative estimate of drug-likeness (QED) is 0.874. The summed E-state index contributed by atoms with van der Waals surface area (Å²) >= 11 is 0. The molecule has 2 rings (SSSR count). The first-order chi connectivity index (χ1) is 9.01. The van der Waals surface area contributed by atoms with Crippen LogP contribution in [0.5, 0.6) is 0 Å². The largest absolute Gasteiger partial charge is 0.378 e. The molecule has 1 fully saturated rings. The summed E-state index contributed by atoms with van der Waals surface area (Å²) in [5.41, 5.74) is 11.8. The molecule has 1 aromatic carbocycles. The zero-order valence-corrected chi connectivity index (χ0v) is 12.7. The number of aryl methyl sites for hydroxylation is 3. The van der Waals surface area contributed by atoms with Crippen molar-refractivity contribution in [3.8, 4) is 0 Å². The van der Waals surface area contributed by atoms with Gasteiger partial charge in [0, 0.05) is 12.6 Å². The Balaban J connectivity index is 1.94. The predicted molar refractivity (Wildman–Crippen MR) is 80.3 cm³/mol. The summed E-state index contributed by atoms with van der Waals surface area (Å²) in [6.07, 6.45) is 3.95. The summed E-state index contributed by atoms with van der Waals surface area (Å²) in [5.74, 6) is 0.743. The van der Waals surface area contributed by atoms with E-state index in [-0.39, 0.29) is 6.04 Å². The van der Waals surface area contributed by atoms with E-state index in [1.807, 2.05) is 0 Å². The van der Waals surface area contributed by atoms with Crippen LogP contribution in [0.3, 0.4) is 0 Å². The molecule has 0 saturated heterocycles. The van der Waals surface area contributed by atoms with Crippen molar-refractivity contribution in [2.45, 2.75) is 59.1 Å². The van der Waals surface area contributed by atoms with Crippen molar-refractivity contribution in [1.82, 2.24) is 0 Å². The molecule has 19 heavy (non-hydrogen) atoms. The van der Waals surface area contributed by atoms with Crippen LogP contribution in [0.4, 0.5) is 0 Å². The zero-order valence-electron chi connectivity index (χ0n) is 12.7. The van der Waals surface area contributed by atoms with Crippen LogP contribution in [-0.4, -0.2) is 12.7 Å². The lowest BCUT2D eigenvalue weighted by Gasteiger charge is -2.36. The third-order valence-corrected chi connectivity index (χ3v) is 4.46. The third-order valence-electron chi connectivity index (χ3n) is 4.46. The van der Waals surface area contributed by atoms with E-state index < -0.39 is 0 Å². The molecule has 1 unspecified atom stereocenters. The Morgan fingerprint density at radius 3 is 2.42 bits per heavy atom. The van der Waals surface area contributed by atoms with Crippen LogP contribution in [0.2, 0.25) is 0 Å². The fourth-order valence-corrected chi connectivity index (χ4v) is 3.11. The summed E-state index contributed by atoms with van der Waals surface area (Å²) in [6.45, 7) is 9.40. The summed E-state index contributed by atoms with van der Waals surface area (Å²) < 4.78 is 5.61. The van der Waals surface area contributed by atoms with Crippen molar-refractivity contribution in [1.29, 1.82) is 0 Å². The molecule has 0 radical (unpaired) electrons. The number of benzene rings is 1. The van der Waals surface area contributed by atoms with E-state index in [2.05, 4.69) is 39.8 Å². The molecule has 0 aliphatic heterocycles. The van der Waals surface area contributed by atoms with Crippen molar-refractivity contribution in [2.24, 2.45) is 11.7 Å². The molecule has 1 saturated carbocycles. The van der Waals surface area contributed by atoms with Crippen LogP contribution in [0.25, 0.3) is 0 Å². The molecule has 0 heterocycles. The highest BCUT2D eigenvalue weighted by Gasteiger charge is 2.31. The second-order valence-corrected chi connectivity index (χ2v) is 6.05. The molecular weight excluding hydrogens is 234 g/mol. The fourth-order valence-electron chi connectivity index (χ4n) is 3.11. The van der Waals surface area contributed by atoms with Gasteiger partial charge in [0.15, 0.2) is 0 Å². The van der Waals surface area contributed by atoms with Gasteiger partial charge in [-0.05, 0) is 75.1 Å². The van der Waals surface area contributed by atoms with Crippen LogP contribution < -0.4 is 5.73 Å². The van der Waals surface area contributed by atoms with Crippen LogP contribution in [-0.2, 0) is 4.74 Å². The molecule has 0 spiro atoms. The fraction of sp³-hybridized carbons (Fsp3) is 0.647. The summed E-state index contributed by atoms with van der Waals surface area (Å²) in [7, 11) is 0. The molecule has 1 atom stereocenters. The lowest BCUT2D eigenvalue weighted by molar-refractivity contribution is -0.0282. The number of rotatable bonds is 5. The van der Waals surface area contributed by atoms with Gasteiger partial charge in [-0.15, -0.1) is 0 Å². The minimum absolute atomic E-state index is 0.173. The first kappa shape index (κ1) is 14.5. The summed E-state index contributed by atoms with van der Waals surface area (Å²) in [5, 5.41) is 0. The van der Waals surface area contributed by atoms with Crippen LogP contribution in [0.1, 0.15) is 54.5 Å². The van der Waals surface area contributed by atoms with Crippen molar-refractivity contribution in [2.75, 3.05) is 6.61 Å². The SMILES string of the molecule is CCOC1CC(CC(N)c2cc(C)c(C)cc2C)C1. The van der Waals surface area contributed by atoms with Crippen LogP contribution in [0.15, 0.2) is 12.1 Å². The Morgan fingerprint density at radius 2 is 1.79 bits per heavy atom. The molecule has 2 nitrogen and oxygen atoms in total. The van der Waals surface area contributed by atoms with E-state index in [0.717, 1.165) is 18.9 Å². The van der Waals surface area contributed by atoms with Gasteiger partial charge in [0.1, 0.15) is 0 Å². The van der Waals surface area contributed by atoms with Gasteiger partial charge in [-0.2, -0.15) is 0 Å². The lowest BCUT2D eigenvalue weighted by atomic mass is 9.77. The van der Waals surface area contributed by atoms with E-state index >= 15 is 0 Å². The van der Waals surface area contributed by atoms with Gasteiger partial charge >= 0.3 is 0 Å². The zero-order chi connectivity index (χ0) is 14.0. The second kappa shape index (κ2) is 6.06. The Bertz CT molecular complexity index is 435. The Hall–Kier alpha value is -0.860. The van der Waals surface area contributed by atoms with Crippen molar-refractivity contribution >= 4 is 0 Å². The molecule has 0 amide bonds. The highest BCUT2D eigenvalue weighted by molar-refractivity contribution is 5.38.